The van der Waals surface area contributed by atoms with E-state index in [9.17, 15) is 13.2 Å². The third-order valence-electron chi connectivity index (χ3n) is 2.31. The second kappa shape index (κ2) is 3.93. The van der Waals surface area contributed by atoms with Crippen molar-refractivity contribution in [3.05, 3.63) is 59.5 Å². The van der Waals surface area contributed by atoms with Crippen LogP contribution in [-0.4, -0.2) is 0 Å². The Kier molecular flexibility index (Phi) is 2.62. The molecular weight excluding hydrogens is 201 g/mol. The lowest BCUT2D eigenvalue weighted by Crippen LogP contribution is -2.01. The molecule has 0 aliphatic heterocycles. The van der Waals surface area contributed by atoms with Crippen LogP contribution in [0.15, 0.2) is 30.4 Å². The molecule has 0 amide bonds. The Hall–Kier alpha value is -1.51. The molecule has 77 valence electrons. The monoisotopic (exact) mass is 209 g/mol. The molecule has 0 heterocycles. The van der Waals surface area contributed by atoms with Crippen LogP contribution in [0.4, 0.5) is 13.2 Å². The second-order valence-corrected chi connectivity index (χ2v) is 3.35. The smallest absolute Gasteiger partial charge is 0.194 e. The van der Waals surface area contributed by atoms with Gasteiger partial charge in [-0.05, 0) is 30.2 Å². The van der Waals surface area contributed by atoms with Crippen LogP contribution >= 0.6 is 0 Å². The third-order valence-corrected chi connectivity index (χ3v) is 2.31. The first-order valence-electron chi connectivity index (χ1n) is 4.57. The maximum atomic E-state index is 12.9. The van der Waals surface area contributed by atoms with Crippen molar-refractivity contribution in [2.75, 3.05) is 0 Å². The minimum atomic E-state index is -1.42. The molecule has 2 rings (SSSR count). The van der Waals surface area contributed by atoms with E-state index in [1.165, 1.54) is 0 Å². The first-order chi connectivity index (χ1) is 7.18. The molecule has 0 saturated carbocycles. The third kappa shape index (κ3) is 1.96. The summed E-state index contributed by atoms with van der Waals surface area (Å²) in [5.41, 5.74) is 0.409. The summed E-state index contributed by atoms with van der Waals surface area (Å²) in [7, 11) is 0. The highest BCUT2D eigenvalue weighted by molar-refractivity contribution is 5.28. The van der Waals surface area contributed by atoms with Crippen molar-refractivity contribution in [3.63, 3.8) is 0 Å². The molecule has 1 aromatic carbocycles. The molecule has 1 aliphatic carbocycles. The van der Waals surface area contributed by atoms with E-state index in [1.807, 2.05) is 12.2 Å². The van der Waals surface area contributed by atoms with Gasteiger partial charge >= 0.3 is 0 Å². The van der Waals surface area contributed by atoms with E-state index in [0.717, 1.165) is 12.1 Å². The van der Waals surface area contributed by atoms with Gasteiger partial charge in [0.25, 0.3) is 0 Å². The number of hydrogen-bond acceptors (Lipinski definition) is 0. The van der Waals surface area contributed by atoms with Crippen LogP contribution in [0.5, 0.6) is 0 Å². The maximum absolute atomic E-state index is 12.9. The predicted molar refractivity (Wildman–Crippen MR) is 50.6 cm³/mol. The van der Waals surface area contributed by atoms with Crippen LogP contribution in [0.25, 0.3) is 0 Å². The van der Waals surface area contributed by atoms with Gasteiger partial charge in [0, 0.05) is 5.92 Å². The number of rotatable bonds is 1. The number of allylic oxidation sites excluding steroid dienone is 4. The fourth-order valence-corrected chi connectivity index (χ4v) is 1.53. The van der Waals surface area contributed by atoms with Gasteiger partial charge in [-0.15, -0.1) is 0 Å². The summed E-state index contributed by atoms with van der Waals surface area (Å²) in [5, 5.41) is 0. The molecule has 0 saturated heterocycles. The fourth-order valence-electron chi connectivity index (χ4n) is 1.53. The lowest BCUT2D eigenvalue weighted by atomic mass is 9.92. The van der Waals surface area contributed by atoms with Gasteiger partial charge in [-0.25, -0.2) is 13.2 Å². The van der Waals surface area contributed by atoms with Gasteiger partial charge in [0.2, 0.25) is 0 Å². The van der Waals surface area contributed by atoms with E-state index in [1.54, 1.807) is 6.08 Å². The van der Waals surface area contributed by atoms with Crippen LogP contribution in [-0.2, 0) is 0 Å². The van der Waals surface area contributed by atoms with Crippen LogP contribution in [0.1, 0.15) is 17.9 Å². The summed E-state index contributed by atoms with van der Waals surface area (Å²) < 4.78 is 38.5. The Morgan fingerprint density at radius 1 is 1.13 bits per heavy atom. The summed E-state index contributed by atoms with van der Waals surface area (Å²) >= 11 is 0. The highest BCUT2D eigenvalue weighted by atomic mass is 19.2. The molecule has 0 nitrogen and oxygen atoms in total. The second-order valence-electron chi connectivity index (χ2n) is 3.35. The quantitative estimate of drug-likeness (QED) is 0.621. The largest absolute Gasteiger partial charge is 0.204 e. The Morgan fingerprint density at radius 2 is 1.80 bits per heavy atom. The van der Waals surface area contributed by atoms with Crippen LogP contribution < -0.4 is 0 Å². The summed E-state index contributed by atoms with van der Waals surface area (Å²) in [6.07, 6.45) is 8.94. The Bertz CT molecular complexity index is 409. The van der Waals surface area contributed by atoms with E-state index in [2.05, 4.69) is 6.08 Å². The molecule has 3 heteroatoms. The van der Waals surface area contributed by atoms with E-state index in [0.29, 0.717) is 12.0 Å². The molecule has 0 spiro atoms. The number of halogens is 3. The zero-order valence-electron chi connectivity index (χ0n) is 7.81. The summed E-state index contributed by atoms with van der Waals surface area (Å²) in [4.78, 5) is 0. The van der Waals surface area contributed by atoms with Gasteiger partial charge in [-0.2, -0.15) is 0 Å². The highest BCUT2D eigenvalue weighted by Gasteiger charge is 2.15. The van der Waals surface area contributed by atoms with Crippen molar-refractivity contribution in [3.8, 4) is 0 Å². The van der Waals surface area contributed by atoms with Gasteiger partial charge in [-0.3, -0.25) is 0 Å². The van der Waals surface area contributed by atoms with Crippen LogP contribution in [0, 0.1) is 23.5 Å². The molecule has 0 bridgehead atoms. The average Bonchev–Trinajstić information content (AvgIpc) is 2.26. The van der Waals surface area contributed by atoms with Crippen LogP contribution in [0.2, 0.25) is 0 Å². The molecule has 1 atom stereocenters. The first kappa shape index (κ1) is 10.0. The van der Waals surface area contributed by atoms with Crippen molar-refractivity contribution in [2.24, 2.45) is 0 Å². The summed E-state index contributed by atoms with van der Waals surface area (Å²) in [5.74, 6) is -3.92. The predicted octanol–water partition coefficient (Wildman–Crippen LogP) is 3.51. The van der Waals surface area contributed by atoms with E-state index < -0.39 is 17.5 Å². The van der Waals surface area contributed by atoms with Gasteiger partial charge in [0.1, 0.15) is 0 Å². The molecular formula is C12H8F3. The topological polar surface area (TPSA) is 0 Å². The Labute approximate surface area is 85.7 Å². The fraction of sp³-hybridized carbons (Fsp3) is 0.167. The van der Waals surface area contributed by atoms with Crippen LogP contribution in [0.3, 0.4) is 0 Å². The Balaban J connectivity index is 2.37. The normalized spacial score (nSPS) is 19.5. The van der Waals surface area contributed by atoms with Gasteiger partial charge in [-0.1, -0.05) is 18.2 Å². The maximum Gasteiger partial charge on any atom is 0.194 e. The lowest BCUT2D eigenvalue weighted by Gasteiger charge is -2.13. The summed E-state index contributed by atoms with van der Waals surface area (Å²) in [6, 6.07) is 2.03. The Morgan fingerprint density at radius 3 is 2.33 bits per heavy atom. The minimum Gasteiger partial charge on any atom is -0.204 e. The number of benzene rings is 1. The van der Waals surface area contributed by atoms with Crippen molar-refractivity contribution in [2.45, 2.75) is 12.3 Å². The SMILES string of the molecule is Fc1cc(C2[C]=CC=CC2)cc(F)c1F. The molecule has 1 unspecified atom stereocenters. The minimum absolute atomic E-state index is 0.195. The highest BCUT2D eigenvalue weighted by Crippen LogP contribution is 2.26. The van der Waals surface area contributed by atoms with Gasteiger partial charge < -0.3 is 0 Å². The zero-order valence-corrected chi connectivity index (χ0v) is 7.81. The molecule has 0 aromatic heterocycles. The zero-order chi connectivity index (χ0) is 10.8. The van der Waals surface area contributed by atoms with E-state index in [-0.39, 0.29) is 5.92 Å². The van der Waals surface area contributed by atoms with Crippen molar-refractivity contribution in [1.82, 2.24) is 0 Å². The van der Waals surface area contributed by atoms with E-state index in [4.69, 9.17) is 0 Å². The lowest BCUT2D eigenvalue weighted by molar-refractivity contribution is 0.444. The molecule has 1 aliphatic rings. The van der Waals surface area contributed by atoms with Crippen molar-refractivity contribution in [1.29, 1.82) is 0 Å². The molecule has 1 radical (unpaired) electrons. The standard InChI is InChI=1S/C12H8F3/c13-10-6-9(7-11(14)12(10)15)8-4-2-1-3-5-8/h1-3,6-8H,4H2. The van der Waals surface area contributed by atoms with Crippen molar-refractivity contribution >= 4 is 0 Å². The van der Waals surface area contributed by atoms with Gasteiger partial charge in [0.05, 0.1) is 0 Å². The van der Waals surface area contributed by atoms with E-state index >= 15 is 0 Å². The number of hydrogen-bond donors (Lipinski definition) is 0. The first-order valence-corrected chi connectivity index (χ1v) is 4.57. The van der Waals surface area contributed by atoms with Gasteiger partial charge in [0.15, 0.2) is 17.5 Å². The summed E-state index contributed by atoms with van der Waals surface area (Å²) in [6.45, 7) is 0. The molecule has 0 N–H and O–H groups in total. The average molecular weight is 209 g/mol. The molecule has 15 heavy (non-hydrogen) atoms. The van der Waals surface area contributed by atoms with Crippen molar-refractivity contribution < 1.29 is 13.2 Å². The molecule has 0 fully saturated rings. The molecule has 1 aromatic rings.